The van der Waals surface area contributed by atoms with E-state index in [2.05, 4.69) is 22.0 Å². The maximum absolute atomic E-state index is 14.9. The maximum atomic E-state index is 14.9. The van der Waals surface area contributed by atoms with Gasteiger partial charge in [0.15, 0.2) is 5.69 Å². The zero-order valence-electron chi connectivity index (χ0n) is 15.5. The Labute approximate surface area is 160 Å². The largest absolute Gasteiger partial charge is 0.497 e. The number of piperidine rings is 1. The minimum atomic E-state index is -0.832. The second-order valence-corrected chi connectivity index (χ2v) is 6.88. The van der Waals surface area contributed by atoms with Crippen LogP contribution in [0.25, 0.3) is 16.9 Å². The summed E-state index contributed by atoms with van der Waals surface area (Å²) in [4.78, 5) is 10.2. The van der Waals surface area contributed by atoms with Gasteiger partial charge in [-0.25, -0.2) is 8.78 Å². The molecule has 1 aliphatic rings. The smallest absolute Gasteiger partial charge is 0.255 e. The Kier molecular flexibility index (Phi) is 4.55. The standard InChI is InChI=1S/C19H18F2N6O/c1-11-3-5-26(6-4-11)18-17(15(9-22)25-19-23-10-24-27(18)19)16-13(20)7-12(28-2)8-14(16)21/h7-8,10-11H,3-6H2,1-2H3. The van der Waals surface area contributed by atoms with Crippen LogP contribution in [0.3, 0.4) is 0 Å². The molecule has 4 rings (SSSR count). The van der Waals surface area contributed by atoms with Crippen LogP contribution in [0, 0.1) is 28.9 Å². The number of nitriles is 1. The van der Waals surface area contributed by atoms with Crippen molar-refractivity contribution < 1.29 is 13.5 Å². The van der Waals surface area contributed by atoms with Crippen molar-refractivity contribution in [2.24, 2.45) is 5.92 Å². The van der Waals surface area contributed by atoms with Gasteiger partial charge in [-0.3, -0.25) is 0 Å². The van der Waals surface area contributed by atoms with Crippen molar-refractivity contribution in [2.45, 2.75) is 19.8 Å². The lowest BCUT2D eigenvalue weighted by molar-refractivity contribution is 0.407. The predicted octanol–water partition coefficient (Wildman–Crippen LogP) is 3.19. The zero-order valence-corrected chi connectivity index (χ0v) is 15.5. The molecule has 0 amide bonds. The van der Waals surface area contributed by atoms with Gasteiger partial charge in [-0.2, -0.15) is 24.8 Å². The number of methoxy groups -OCH3 is 1. The van der Waals surface area contributed by atoms with Crippen LogP contribution in [0.1, 0.15) is 25.5 Å². The van der Waals surface area contributed by atoms with Gasteiger partial charge in [-0.1, -0.05) is 6.92 Å². The van der Waals surface area contributed by atoms with Gasteiger partial charge in [0.25, 0.3) is 5.78 Å². The van der Waals surface area contributed by atoms with Crippen molar-refractivity contribution in [3.8, 4) is 22.9 Å². The average molecular weight is 384 g/mol. The van der Waals surface area contributed by atoms with Gasteiger partial charge in [0.2, 0.25) is 0 Å². The lowest BCUT2D eigenvalue weighted by atomic mass is 9.97. The summed E-state index contributed by atoms with van der Waals surface area (Å²) in [6.45, 7) is 3.52. The van der Waals surface area contributed by atoms with Crippen molar-refractivity contribution >= 4 is 11.6 Å². The van der Waals surface area contributed by atoms with E-state index in [9.17, 15) is 14.0 Å². The first-order valence-corrected chi connectivity index (χ1v) is 8.95. The predicted molar refractivity (Wildman–Crippen MR) is 98.0 cm³/mol. The summed E-state index contributed by atoms with van der Waals surface area (Å²) >= 11 is 0. The van der Waals surface area contributed by atoms with Gasteiger partial charge >= 0.3 is 0 Å². The first kappa shape index (κ1) is 18.1. The van der Waals surface area contributed by atoms with Crippen LogP contribution in [-0.2, 0) is 0 Å². The van der Waals surface area contributed by atoms with Crippen LogP contribution < -0.4 is 9.64 Å². The van der Waals surface area contributed by atoms with Gasteiger partial charge in [0, 0.05) is 25.2 Å². The quantitative estimate of drug-likeness (QED) is 0.690. The van der Waals surface area contributed by atoms with E-state index in [1.165, 1.54) is 18.0 Å². The zero-order chi connectivity index (χ0) is 19.8. The molecule has 0 unspecified atom stereocenters. The Morgan fingerprint density at radius 3 is 2.46 bits per heavy atom. The van der Waals surface area contributed by atoms with Gasteiger partial charge in [-0.15, -0.1) is 0 Å². The average Bonchev–Trinajstić information content (AvgIpc) is 3.15. The molecule has 0 bridgehead atoms. The summed E-state index contributed by atoms with van der Waals surface area (Å²) in [5, 5.41) is 13.9. The van der Waals surface area contributed by atoms with Crippen LogP contribution in [0.4, 0.5) is 14.6 Å². The second kappa shape index (κ2) is 7.03. The Hall–Kier alpha value is -3.28. The molecule has 0 aliphatic carbocycles. The highest BCUT2D eigenvalue weighted by molar-refractivity contribution is 5.82. The highest BCUT2D eigenvalue weighted by atomic mass is 19.1. The highest BCUT2D eigenvalue weighted by Crippen LogP contribution is 2.39. The summed E-state index contributed by atoms with van der Waals surface area (Å²) in [5.41, 5.74) is -0.347. The van der Waals surface area contributed by atoms with E-state index in [0.29, 0.717) is 24.8 Å². The van der Waals surface area contributed by atoms with Gasteiger partial charge in [0.1, 0.15) is 35.6 Å². The Bertz CT molecular complexity index is 1060. The minimum Gasteiger partial charge on any atom is -0.497 e. The van der Waals surface area contributed by atoms with Crippen LogP contribution in [0.5, 0.6) is 5.75 Å². The molecule has 9 heteroatoms. The van der Waals surface area contributed by atoms with E-state index in [0.717, 1.165) is 25.0 Å². The number of fused-ring (bicyclic) bond motifs is 1. The van der Waals surface area contributed by atoms with E-state index in [1.54, 1.807) is 0 Å². The van der Waals surface area contributed by atoms with Crippen molar-refractivity contribution in [3.05, 3.63) is 35.8 Å². The molecule has 144 valence electrons. The second-order valence-electron chi connectivity index (χ2n) is 6.88. The molecule has 0 atom stereocenters. The van der Waals surface area contributed by atoms with Gasteiger partial charge in [0.05, 0.1) is 18.2 Å². The molecule has 0 saturated carbocycles. The molecule has 1 fully saturated rings. The molecule has 0 spiro atoms. The molecule has 0 N–H and O–H groups in total. The molecule has 1 aromatic carbocycles. The summed E-state index contributed by atoms with van der Waals surface area (Å²) in [5.74, 6) is -0.419. The molecule has 0 radical (unpaired) electrons. The number of hydrogen-bond acceptors (Lipinski definition) is 6. The van der Waals surface area contributed by atoms with E-state index in [-0.39, 0.29) is 28.3 Å². The molecule has 3 heterocycles. The summed E-state index contributed by atoms with van der Waals surface area (Å²) in [6.07, 6.45) is 3.16. The number of anilines is 1. The SMILES string of the molecule is COc1cc(F)c(-c2c(C#N)nc3ncnn3c2N2CCC(C)CC2)c(F)c1. The van der Waals surface area contributed by atoms with Gasteiger partial charge in [-0.05, 0) is 18.8 Å². The van der Waals surface area contributed by atoms with Crippen molar-refractivity contribution in [1.82, 2.24) is 19.6 Å². The number of benzene rings is 1. The van der Waals surface area contributed by atoms with Crippen LogP contribution >= 0.6 is 0 Å². The summed E-state index contributed by atoms with van der Waals surface area (Å²) in [7, 11) is 1.33. The lowest BCUT2D eigenvalue weighted by Gasteiger charge is -2.33. The maximum Gasteiger partial charge on any atom is 0.255 e. The lowest BCUT2D eigenvalue weighted by Crippen LogP contribution is -2.35. The van der Waals surface area contributed by atoms with Crippen LogP contribution in [0.15, 0.2) is 18.5 Å². The van der Waals surface area contributed by atoms with E-state index >= 15 is 0 Å². The molecule has 1 aliphatic heterocycles. The number of rotatable bonds is 3. The van der Waals surface area contributed by atoms with E-state index in [1.807, 2.05) is 11.0 Å². The summed E-state index contributed by atoms with van der Waals surface area (Å²) in [6, 6.07) is 4.14. The topological polar surface area (TPSA) is 79.3 Å². The number of aromatic nitrogens is 4. The molecule has 3 aromatic rings. The van der Waals surface area contributed by atoms with E-state index in [4.69, 9.17) is 4.74 Å². The normalized spacial score (nSPS) is 15.0. The number of halogens is 2. The Morgan fingerprint density at radius 1 is 1.18 bits per heavy atom. The van der Waals surface area contributed by atoms with E-state index < -0.39 is 11.6 Å². The third kappa shape index (κ3) is 2.91. The Balaban J connectivity index is 2.03. The van der Waals surface area contributed by atoms with Crippen LogP contribution in [-0.4, -0.2) is 39.8 Å². The first-order chi connectivity index (χ1) is 13.5. The minimum absolute atomic E-state index is 0.0559. The first-order valence-electron chi connectivity index (χ1n) is 8.95. The van der Waals surface area contributed by atoms with Gasteiger partial charge < -0.3 is 9.64 Å². The summed E-state index contributed by atoms with van der Waals surface area (Å²) < 4.78 is 36.2. The Morgan fingerprint density at radius 2 is 1.86 bits per heavy atom. The fraction of sp³-hybridized carbons (Fsp3) is 0.368. The number of nitrogens with zero attached hydrogens (tertiary/aromatic N) is 6. The third-order valence-corrected chi connectivity index (χ3v) is 5.09. The third-order valence-electron chi connectivity index (χ3n) is 5.09. The van der Waals surface area contributed by atoms with Crippen molar-refractivity contribution in [1.29, 1.82) is 5.26 Å². The highest BCUT2D eigenvalue weighted by Gasteiger charge is 2.29. The number of hydrogen-bond donors (Lipinski definition) is 0. The monoisotopic (exact) mass is 384 g/mol. The molecule has 1 saturated heterocycles. The fourth-order valence-corrected chi connectivity index (χ4v) is 3.56. The number of ether oxygens (including phenoxy) is 1. The molecular weight excluding hydrogens is 366 g/mol. The van der Waals surface area contributed by atoms with Crippen LogP contribution in [0.2, 0.25) is 0 Å². The molecule has 7 nitrogen and oxygen atoms in total. The van der Waals surface area contributed by atoms with Crippen molar-refractivity contribution in [2.75, 3.05) is 25.1 Å². The molecular formula is C19H18F2N6O. The molecule has 28 heavy (non-hydrogen) atoms. The molecule has 2 aromatic heterocycles. The van der Waals surface area contributed by atoms with Crippen molar-refractivity contribution in [3.63, 3.8) is 0 Å². The fourth-order valence-electron chi connectivity index (χ4n) is 3.56.